The zero-order chi connectivity index (χ0) is 12.5. The first kappa shape index (κ1) is 12.5. The van der Waals surface area contributed by atoms with E-state index in [1.807, 2.05) is 6.07 Å². The summed E-state index contributed by atoms with van der Waals surface area (Å²) in [4.78, 5) is 0. The van der Waals surface area contributed by atoms with E-state index in [9.17, 15) is 0 Å². The maximum absolute atomic E-state index is 9.01. The second kappa shape index (κ2) is 5.19. The molecule has 0 amide bonds. The van der Waals surface area contributed by atoms with E-state index in [0.717, 1.165) is 30.3 Å². The van der Waals surface area contributed by atoms with Gasteiger partial charge in [0.05, 0.1) is 6.10 Å². The van der Waals surface area contributed by atoms with Gasteiger partial charge in [-0.2, -0.15) is 0 Å². The molecule has 0 radical (unpaired) electrons. The molecule has 98 valence electrons. The molecule has 1 saturated heterocycles. The summed E-state index contributed by atoms with van der Waals surface area (Å²) in [7, 11) is 0. The third-order valence-electron chi connectivity index (χ3n) is 4.01. The minimum Gasteiger partial charge on any atom is -0.396 e. The van der Waals surface area contributed by atoms with Crippen molar-refractivity contribution in [2.75, 3.05) is 18.5 Å². The lowest BCUT2D eigenvalue weighted by atomic mass is 9.82. The molecule has 0 aromatic heterocycles. The molecule has 2 aliphatic rings. The van der Waals surface area contributed by atoms with Crippen LogP contribution >= 0.6 is 15.9 Å². The van der Waals surface area contributed by atoms with Gasteiger partial charge in [0.15, 0.2) is 0 Å². The van der Waals surface area contributed by atoms with Crippen LogP contribution in [0.1, 0.15) is 30.9 Å². The van der Waals surface area contributed by atoms with Crippen LogP contribution in [0.4, 0.5) is 5.69 Å². The van der Waals surface area contributed by atoms with Crippen LogP contribution < -0.4 is 5.32 Å². The van der Waals surface area contributed by atoms with Gasteiger partial charge in [0.1, 0.15) is 0 Å². The number of hydrogen-bond donors (Lipinski definition) is 2. The number of halogens is 1. The number of aliphatic hydroxyl groups excluding tert-OH is 1. The molecule has 0 aliphatic carbocycles. The van der Waals surface area contributed by atoms with Crippen molar-refractivity contribution in [3.05, 3.63) is 28.2 Å². The van der Waals surface area contributed by atoms with E-state index in [2.05, 4.69) is 33.4 Å². The predicted molar refractivity (Wildman–Crippen MR) is 74.7 cm³/mol. The van der Waals surface area contributed by atoms with Gasteiger partial charge in [0.2, 0.25) is 0 Å². The number of rotatable bonds is 3. The van der Waals surface area contributed by atoms with Crippen molar-refractivity contribution >= 4 is 21.6 Å². The van der Waals surface area contributed by atoms with Crippen molar-refractivity contribution in [3.63, 3.8) is 0 Å². The number of benzene rings is 1. The van der Waals surface area contributed by atoms with E-state index in [0.29, 0.717) is 12.0 Å². The van der Waals surface area contributed by atoms with Gasteiger partial charge in [-0.1, -0.05) is 22.0 Å². The van der Waals surface area contributed by atoms with Gasteiger partial charge < -0.3 is 15.2 Å². The van der Waals surface area contributed by atoms with Gasteiger partial charge >= 0.3 is 0 Å². The monoisotopic (exact) mass is 311 g/mol. The molecule has 1 aromatic carbocycles. The minimum atomic E-state index is 0.209. The molecule has 1 fully saturated rings. The Kier molecular flexibility index (Phi) is 3.59. The van der Waals surface area contributed by atoms with Crippen LogP contribution in [-0.4, -0.2) is 24.4 Å². The number of fused-ring (bicyclic) bond motifs is 3. The number of ether oxygens (including phenoxy) is 1. The maximum atomic E-state index is 9.01. The Morgan fingerprint density at radius 3 is 3.17 bits per heavy atom. The molecule has 3 rings (SSSR count). The van der Waals surface area contributed by atoms with E-state index in [1.54, 1.807) is 0 Å². The number of nitrogens with one attached hydrogen (secondary N) is 1. The minimum absolute atomic E-state index is 0.209. The summed E-state index contributed by atoms with van der Waals surface area (Å²) < 4.78 is 7.07. The van der Waals surface area contributed by atoms with Crippen LogP contribution in [0.3, 0.4) is 0 Å². The zero-order valence-electron chi connectivity index (χ0n) is 10.2. The van der Waals surface area contributed by atoms with Gasteiger partial charge in [-0.05, 0) is 31.4 Å². The zero-order valence-corrected chi connectivity index (χ0v) is 11.8. The van der Waals surface area contributed by atoms with Crippen molar-refractivity contribution < 1.29 is 9.84 Å². The third-order valence-corrected chi connectivity index (χ3v) is 4.70. The SMILES string of the molecule is OCCC[C@H]1Nc2cccc(Br)c2[C@H]2OCC[C@H]21. The summed E-state index contributed by atoms with van der Waals surface area (Å²) in [6.45, 7) is 1.11. The van der Waals surface area contributed by atoms with Crippen molar-refractivity contribution in [2.45, 2.75) is 31.4 Å². The Labute approximate surface area is 116 Å². The fourth-order valence-electron chi connectivity index (χ4n) is 3.17. The average molecular weight is 312 g/mol. The summed E-state index contributed by atoms with van der Waals surface area (Å²) in [5, 5.41) is 12.6. The molecule has 4 heteroatoms. The molecule has 0 saturated carbocycles. The van der Waals surface area contributed by atoms with Crippen LogP contribution in [0.25, 0.3) is 0 Å². The molecule has 18 heavy (non-hydrogen) atoms. The molecule has 1 aromatic rings. The average Bonchev–Trinajstić information content (AvgIpc) is 2.85. The van der Waals surface area contributed by atoms with Gasteiger partial charge in [-0.3, -0.25) is 0 Å². The lowest BCUT2D eigenvalue weighted by molar-refractivity contribution is 0.0807. The molecule has 2 N–H and O–H groups in total. The Morgan fingerprint density at radius 2 is 2.33 bits per heavy atom. The molecular weight excluding hydrogens is 294 g/mol. The fraction of sp³-hybridized carbons (Fsp3) is 0.571. The standard InChI is InChI=1S/C14H18BrNO2/c15-10-3-1-4-12-13(10)14-9(6-8-18-14)11(16-12)5-2-7-17/h1,3-4,9,11,14,16-17H,2,5-8H2/t9-,11+,14-/m0/s1. The summed E-state index contributed by atoms with van der Waals surface area (Å²) in [6, 6.07) is 6.66. The molecule has 2 aliphatic heterocycles. The van der Waals surface area contributed by atoms with Crippen molar-refractivity contribution in [2.24, 2.45) is 5.92 Å². The van der Waals surface area contributed by atoms with E-state index < -0.39 is 0 Å². The highest BCUT2D eigenvalue weighted by Gasteiger charge is 2.41. The topological polar surface area (TPSA) is 41.5 Å². The summed E-state index contributed by atoms with van der Waals surface area (Å²) in [6.07, 6.45) is 3.17. The Hall–Kier alpha value is -0.580. The number of aliphatic hydroxyl groups is 1. The lowest BCUT2D eigenvalue weighted by Crippen LogP contribution is -2.36. The Bertz CT molecular complexity index is 438. The quantitative estimate of drug-likeness (QED) is 0.901. The Balaban J connectivity index is 1.92. The first-order valence-corrected chi connectivity index (χ1v) is 7.38. The largest absolute Gasteiger partial charge is 0.396 e. The summed E-state index contributed by atoms with van der Waals surface area (Å²) in [5.41, 5.74) is 2.44. The molecule has 2 heterocycles. The molecule has 0 bridgehead atoms. The van der Waals surface area contributed by atoms with Crippen LogP contribution in [0, 0.1) is 5.92 Å². The lowest BCUT2D eigenvalue weighted by Gasteiger charge is -2.36. The summed E-state index contributed by atoms with van der Waals surface area (Å²) >= 11 is 3.63. The highest BCUT2D eigenvalue weighted by atomic mass is 79.9. The normalized spacial score (nSPS) is 29.6. The molecule has 0 spiro atoms. The smallest absolute Gasteiger partial charge is 0.0904 e. The van der Waals surface area contributed by atoms with Crippen LogP contribution in [0.15, 0.2) is 22.7 Å². The highest BCUT2D eigenvalue weighted by molar-refractivity contribution is 9.10. The molecular formula is C14H18BrNO2. The van der Waals surface area contributed by atoms with E-state index in [-0.39, 0.29) is 12.7 Å². The Morgan fingerprint density at radius 1 is 1.44 bits per heavy atom. The summed E-state index contributed by atoms with van der Waals surface area (Å²) in [5.74, 6) is 0.530. The van der Waals surface area contributed by atoms with E-state index >= 15 is 0 Å². The third kappa shape index (κ3) is 2.06. The van der Waals surface area contributed by atoms with Crippen molar-refractivity contribution in [1.29, 1.82) is 0 Å². The van der Waals surface area contributed by atoms with Gasteiger partial charge in [0, 0.05) is 40.9 Å². The van der Waals surface area contributed by atoms with E-state index in [1.165, 1.54) is 11.3 Å². The molecule has 3 atom stereocenters. The fourth-order valence-corrected chi connectivity index (χ4v) is 3.76. The van der Waals surface area contributed by atoms with Gasteiger partial charge in [-0.15, -0.1) is 0 Å². The number of hydrogen-bond acceptors (Lipinski definition) is 3. The second-order valence-corrected chi connectivity index (χ2v) is 5.92. The van der Waals surface area contributed by atoms with Gasteiger partial charge in [0.25, 0.3) is 0 Å². The van der Waals surface area contributed by atoms with Crippen LogP contribution in [0.5, 0.6) is 0 Å². The maximum Gasteiger partial charge on any atom is 0.0904 e. The van der Waals surface area contributed by atoms with E-state index in [4.69, 9.17) is 9.84 Å². The highest BCUT2D eigenvalue weighted by Crippen LogP contribution is 2.48. The van der Waals surface area contributed by atoms with Gasteiger partial charge in [-0.25, -0.2) is 0 Å². The molecule has 0 unspecified atom stereocenters. The first-order valence-electron chi connectivity index (χ1n) is 6.58. The molecule has 3 nitrogen and oxygen atoms in total. The first-order chi connectivity index (χ1) is 8.81. The van der Waals surface area contributed by atoms with Crippen LogP contribution in [-0.2, 0) is 4.74 Å². The predicted octanol–water partition coefficient (Wildman–Crippen LogP) is 3.09. The van der Waals surface area contributed by atoms with Crippen molar-refractivity contribution in [3.8, 4) is 0 Å². The van der Waals surface area contributed by atoms with Crippen molar-refractivity contribution in [1.82, 2.24) is 0 Å². The second-order valence-electron chi connectivity index (χ2n) is 5.06. The number of anilines is 1. The van der Waals surface area contributed by atoms with Crippen LogP contribution in [0.2, 0.25) is 0 Å².